The standard InChI is InChI=1S/C11H18N4O2/c1-10(2,3)15-13-8(12-14-15)6-7(9(16)17)11(6,4)5/h6-7H,1-5H3,(H,16,17)/t6-,7-/m0/s1. The Labute approximate surface area is 100 Å². The van der Waals surface area contributed by atoms with Crippen molar-refractivity contribution in [3.8, 4) is 0 Å². The molecule has 1 heterocycles. The Morgan fingerprint density at radius 3 is 2.35 bits per heavy atom. The van der Waals surface area contributed by atoms with Gasteiger partial charge < -0.3 is 5.11 Å². The molecule has 2 atom stereocenters. The summed E-state index contributed by atoms with van der Waals surface area (Å²) in [5.41, 5.74) is -0.513. The van der Waals surface area contributed by atoms with Gasteiger partial charge in [-0.1, -0.05) is 13.8 Å². The number of rotatable bonds is 2. The molecular weight excluding hydrogens is 220 g/mol. The highest BCUT2D eigenvalue weighted by Gasteiger charge is 2.65. The van der Waals surface area contributed by atoms with Gasteiger partial charge in [-0.15, -0.1) is 10.2 Å². The zero-order valence-corrected chi connectivity index (χ0v) is 10.8. The molecule has 1 aromatic rings. The van der Waals surface area contributed by atoms with Crippen molar-refractivity contribution in [2.75, 3.05) is 0 Å². The zero-order chi connectivity index (χ0) is 13.0. The second kappa shape index (κ2) is 3.27. The summed E-state index contributed by atoms with van der Waals surface area (Å²) in [6.45, 7) is 9.78. The van der Waals surface area contributed by atoms with E-state index in [9.17, 15) is 4.79 Å². The Bertz CT molecular complexity index is 458. The van der Waals surface area contributed by atoms with Gasteiger partial charge in [-0.2, -0.15) is 4.80 Å². The van der Waals surface area contributed by atoms with Gasteiger partial charge in [0.1, 0.15) is 0 Å². The third-order valence-corrected chi connectivity index (χ3v) is 3.40. The van der Waals surface area contributed by atoms with E-state index in [0.717, 1.165) is 0 Å². The second-order valence-corrected chi connectivity index (χ2v) is 6.22. The molecule has 94 valence electrons. The van der Waals surface area contributed by atoms with E-state index < -0.39 is 11.9 Å². The lowest BCUT2D eigenvalue weighted by Gasteiger charge is -2.15. The Morgan fingerprint density at radius 1 is 1.41 bits per heavy atom. The summed E-state index contributed by atoms with van der Waals surface area (Å²) in [5.74, 6) is -0.777. The van der Waals surface area contributed by atoms with E-state index in [4.69, 9.17) is 5.11 Å². The summed E-state index contributed by atoms with van der Waals surface area (Å²) in [6, 6.07) is 0. The third-order valence-electron chi connectivity index (χ3n) is 3.40. The topological polar surface area (TPSA) is 80.9 Å². The maximum absolute atomic E-state index is 11.1. The SMILES string of the molecule is CC1(C)[C@H](C(=O)O)[C@H]1c1nnn(C(C)(C)C)n1. The van der Waals surface area contributed by atoms with Crippen LogP contribution in [-0.4, -0.2) is 31.3 Å². The molecule has 1 aliphatic carbocycles. The van der Waals surface area contributed by atoms with Crippen LogP contribution in [0, 0.1) is 11.3 Å². The van der Waals surface area contributed by atoms with Gasteiger partial charge >= 0.3 is 5.97 Å². The van der Waals surface area contributed by atoms with Gasteiger partial charge in [-0.3, -0.25) is 4.79 Å². The first-order chi connectivity index (χ1) is 7.65. The maximum atomic E-state index is 11.1. The predicted octanol–water partition coefficient (Wildman–Crippen LogP) is 1.25. The van der Waals surface area contributed by atoms with Crippen LogP contribution in [0.5, 0.6) is 0 Å². The molecule has 2 rings (SSSR count). The van der Waals surface area contributed by atoms with E-state index in [2.05, 4.69) is 15.4 Å². The molecule has 0 aromatic carbocycles. The fourth-order valence-electron chi connectivity index (χ4n) is 2.21. The summed E-state index contributed by atoms with van der Waals surface area (Å²) in [4.78, 5) is 12.6. The molecule has 1 N–H and O–H groups in total. The number of carbonyl (C=O) groups is 1. The highest BCUT2D eigenvalue weighted by atomic mass is 16.4. The van der Waals surface area contributed by atoms with E-state index in [1.165, 1.54) is 4.80 Å². The molecule has 0 amide bonds. The minimum Gasteiger partial charge on any atom is -0.481 e. The number of aromatic nitrogens is 4. The number of hydrogen-bond donors (Lipinski definition) is 1. The normalized spacial score (nSPS) is 26.9. The van der Waals surface area contributed by atoms with Crippen molar-refractivity contribution in [1.82, 2.24) is 20.2 Å². The highest BCUT2D eigenvalue weighted by molar-refractivity contribution is 5.77. The Hall–Kier alpha value is -1.46. The molecule has 17 heavy (non-hydrogen) atoms. The molecule has 1 aromatic heterocycles. The van der Waals surface area contributed by atoms with Crippen LogP contribution in [0.25, 0.3) is 0 Å². The van der Waals surface area contributed by atoms with Crippen LogP contribution in [-0.2, 0) is 10.3 Å². The third kappa shape index (κ3) is 1.81. The highest BCUT2D eigenvalue weighted by Crippen LogP contribution is 2.63. The maximum Gasteiger partial charge on any atom is 0.307 e. The van der Waals surface area contributed by atoms with Crippen LogP contribution in [0.15, 0.2) is 0 Å². The smallest absolute Gasteiger partial charge is 0.307 e. The summed E-state index contributed by atoms with van der Waals surface area (Å²) >= 11 is 0. The van der Waals surface area contributed by atoms with Crippen LogP contribution in [0.4, 0.5) is 0 Å². The van der Waals surface area contributed by atoms with Gasteiger partial charge in [0.25, 0.3) is 0 Å². The molecular formula is C11H18N4O2. The first-order valence-electron chi connectivity index (χ1n) is 5.69. The van der Waals surface area contributed by atoms with E-state index in [1.807, 2.05) is 34.6 Å². The van der Waals surface area contributed by atoms with Crippen molar-refractivity contribution >= 4 is 5.97 Å². The summed E-state index contributed by atoms with van der Waals surface area (Å²) < 4.78 is 0. The molecule has 1 saturated carbocycles. The second-order valence-electron chi connectivity index (χ2n) is 6.22. The Kier molecular flexibility index (Phi) is 2.31. The molecule has 0 spiro atoms. The van der Waals surface area contributed by atoms with Crippen molar-refractivity contribution in [2.45, 2.75) is 46.1 Å². The number of aliphatic carboxylic acids is 1. The first-order valence-corrected chi connectivity index (χ1v) is 5.69. The number of tetrazole rings is 1. The van der Waals surface area contributed by atoms with Gasteiger partial charge in [0.15, 0.2) is 5.82 Å². The van der Waals surface area contributed by atoms with Crippen LogP contribution in [0.3, 0.4) is 0 Å². The zero-order valence-electron chi connectivity index (χ0n) is 10.8. The number of carboxylic acids is 1. The fourth-order valence-corrected chi connectivity index (χ4v) is 2.21. The van der Waals surface area contributed by atoms with E-state index in [-0.39, 0.29) is 16.9 Å². The number of hydrogen-bond acceptors (Lipinski definition) is 4. The lowest BCUT2D eigenvalue weighted by Crippen LogP contribution is -2.24. The van der Waals surface area contributed by atoms with Crippen LogP contribution in [0.2, 0.25) is 0 Å². The van der Waals surface area contributed by atoms with E-state index >= 15 is 0 Å². The minimum atomic E-state index is -0.785. The summed E-state index contributed by atoms with van der Waals surface area (Å²) in [7, 11) is 0. The average molecular weight is 238 g/mol. The molecule has 0 aliphatic heterocycles. The summed E-state index contributed by atoms with van der Waals surface area (Å²) in [5, 5.41) is 21.4. The van der Waals surface area contributed by atoms with Crippen LogP contribution in [0.1, 0.15) is 46.4 Å². The average Bonchev–Trinajstić information content (AvgIpc) is 2.59. The van der Waals surface area contributed by atoms with E-state index in [1.54, 1.807) is 0 Å². The molecule has 0 unspecified atom stereocenters. The lowest BCUT2D eigenvalue weighted by molar-refractivity contribution is -0.139. The van der Waals surface area contributed by atoms with Crippen molar-refractivity contribution in [2.24, 2.45) is 11.3 Å². The summed E-state index contributed by atoms with van der Waals surface area (Å²) in [6.07, 6.45) is 0. The van der Waals surface area contributed by atoms with Gasteiger partial charge in [-0.05, 0) is 31.4 Å². The van der Waals surface area contributed by atoms with Gasteiger partial charge in [0.2, 0.25) is 0 Å². The predicted molar refractivity (Wildman–Crippen MR) is 60.5 cm³/mol. The Balaban J connectivity index is 2.26. The molecule has 1 aliphatic rings. The molecule has 6 nitrogen and oxygen atoms in total. The molecule has 0 saturated heterocycles. The van der Waals surface area contributed by atoms with Crippen molar-refractivity contribution in [3.63, 3.8) is 0 Å². The molecule has 1 fully saturated rings. The quantitative estimate of drug-likeness (QED) is 0.838. The monoisotopic (exact) mass is 238 g/mol. The van der Waals surface area contributed by atoms with Gasteiger partial charge in [-0.25, -0.2) is 0 Å². The van der Waals surface area contributed by atoms with Crippen LogP contribution >= 0.6 is 0 Å². The molecule has 0 bridgehead atoms. The molecule has 0 radical (unpaired) electrons. The Morgan fingerprint density at radius 2 is 2.00 bits per heavy atom. The lowest BCUT2D eigenvalue weighted by atomic mass is 10.1. The fraction of sp³-hybridized carbons (Fsp3) is 0.818. The van der Waals surface area contributed by atoms with Crippen LogP contribution < -0.4 is 0 Å². The van der Waals surface area contributed by atoms with Crippen molar-refractivity contribution < 1.29 is 9.90 Å². The largest absolute Gasteiger partial charge is 0.481 e. The van der Waals surface area contributed by atoms with E-state index in [0.29, 0.717) is 5.82 Å². The van der Waals surface area contributed by atoms with Crippen molar-refractivity contribution in [1.29, 1.82) is 0 Å². The van der Waals surface area contributed by atoms with Crippen molar-refractivity contribution in [3.05, 3.63) is 5.82 Å². The molecule has 6 heteroatoms. The van der Waals surface area contributed by atoms with Gasteiger partial charge in [0, 0.05) is 5.92 Å². The number of carboxylic acid groups (broad SMARTS) is 1. The number of nitrogens with zero attached hydrogens (tertiary/aromatic N) is 4. The minimum absolute atomic E-state index is 0.129. The van der Waals surface area contributed by atoms with Gasteiger partial charge in [0.05, 0.1) is 11.5 Å². The first kappa shape index (κ1) is 12.0.